The fourth-order valence-electron chi connectivity index (χ4n) is 3.44. The number of alkyl halides is 2. The second-order valence-electron chi connectivity index (χ2n) is 8.98. The van der Waals surface area contributed by atoms with E-state index in [4.69, 9.17) is 14.2 Å². The Balaban J connectivity index is 3.39. The van der Waals surface area contributed by atoms with Crippen LogP contribution < -0.4 is 0 Å². The van der Waals surface area contributed by atoms with Gasteiger partial charge in [0.25, 0.3) is 0 Å². The van der Waals surface area contributed by atoms with E-state index in [2.05, 4.69) is 70.0 Å². The second-order valence-corrected chi connectivity index (χ2v) is 10.6. The van der Waals surface area contributed by atoms with Gasteiger partial charge in [0.05, 0.1) is 12.2 Å². The molecule has 0 bridgehead atoms. The second kappa shape index (κ2) is 28.6. The van der Waals surface area contributed by atoms with E-state index in [0.29, 0.717) is 13.6 Å². The first-order chi connectivity index (χ1) is 16.2. The van der Waals surface area contributed by atoms with Crippen LogP contribution in [-0.4, -0.2) is 36.5 Å². The molecule has 0 aliphatic rings. The molecule has 0 saturated carbocycles. The van der Waals surface area contributed by atoms with E-state index in [1.165, 1.54) is 77.0 Å². The molecule has 0 radical (unpaired) electrons. The molecule has 0 aromatic rings. The number of hydrogen-bond acceptors (Lipinski definition) is 3. The van der Waals surface area contributed by atoms with Crippen LogP contribution in [0.5, 0.6) is 0 Å². The average molecular weight is 597 g/mol. The summed E-state index contributed by atoms with van der Waals surface area (Å²) < 4.78 is 16.9. The molecule has 5 heteroatoms. The van der Waals surface area contributed by atoms with Crippen molar-refractivity contribution in [3.63, 3.8) is 0 Å². The van der Waals surface area contributed by atoms with Gasteiger partial charge in [0.15, 0.2) is 0 Å². The summed E-state index contributed by atoms with van der Waals surface area (Å²) in [6.07, 6.45) is 29.7. The van der Waals surface area contributed by atoms with Crippen molar-refractivity contribution in [2.45, 2.75) is 129 Å². The van der Waals surface area contributed by atoms with E-state index < -0.39 is 0 Å². The zero-order valence-electron chi connectivity index (χ0n) is 21.6. The molecule has 3 nitrogen and oxygen atoms in total. The minimum absolute atomic E-state index is 0.214. The third-order valence-corrected chi connectivity index (χ3v) is 6.82. The van der Waals surface area contributed by atoms with Crippen LogP contribution in [0, 0.1) is 0 Å². The lowest BCUT2D eigenvalue weighted by Gasteiger charge is -2.14. The predicted molar refractivity (Wildman–Crippen MR) is 152 cm³/mol. The van der Waals surface area contributed by atoms with Crippen LogP contribution in [0.15, 0.2) is 24.3 Å². The lowest BCUT2D eigenvalue weighted by atomic mass is 10.1. The van der Waals surface area contributed by atoms with E-state index in [9.17, 15) is 0 Å². The lowest BCUT2D eigenvalue weighted by Crippen LogP contribution is -2.15. The van der Waals surface area contributed by atoms with Crippen molar-refractivity contribution in [2.75, 3.05) is 24.2 Å². The van der Waals surface area contributed by atoms with Crippen molar-refractivity contribution < 1.29 is 14.2 Å². The van der Waals surface area contributed by atoms with Gasteiger partial charge < -0.3 is 14.2 Å². The smallest absolute Gasteiger partial charge is 0.149 e. The van der Waals surface area contributed by atoms with Gasteiger partial charge in [-0.25, -0.2) is 0 Å². The van der Waals surface area contributed by atoms with Gasteiger partial charge in [0, 0.05) is 10.7 Å². The van der Waals surface area contributed by atoms with Gasteiger partial charge in [-0.05, 0) is 78.1 Å². The molecule has 2 atom stereocenters. The molecule has 0 aliphatic heterocycles. The highest BCUT2D eigenvalue weighted by atomic mass is 79.9. The summed E-state index contributed by atoms with van der Waals surface area (Å²) in [6, 6.07) is 0. The summed E-state index contributed by atoms with van der Waals surface area (Å²) in [4.78, 5) is 0. The van der Waals surface area contributed by atoms with Crippen molar-refractivity contribution in [3.05, 3.63) is 24.3 Å². The van der Waals surface area contributed by atoms with Gasteiger partial charge in [0.1, 0.15) is 13.6 Å². The molecule has 0 amide bonds. The van der Waals surface area contributed by atoms with Crippen molar-refractivity contribution >= 4 is 31.9 Å². The molecule has 0 spiro atoms. The van der Waals surface area contributed by atoms with Crippen LogP contribution in [0.1, 0.15) is 117 Å². The standard InChI is InChI=1S/C28H52Br2O3/c1-27(21-17-13-9-5-3-7-11-15-19-23-29)32-25-31-26-33-28(2)22-18-14-10-6-4-8-12-16-20-24-30/h9-10,13-14,27-28H,3-8,11-12,15-26H2,1-2H3. The number of hydrogen-bond donors (Lipinski definition) is 0. The normalized spacial score (nSPS) is 13.9. The minimum Gasteiger partial charge on any atom is -0.352 e. The van der Waals surface area contributed by atoms with Crippen LogP contribution in [0.25, 0.3) is 0 Å². The molecule has 0 aromatic carbocycles. The minimum atomic E-state index is 0.214. The Hall–Kier alpha value is 0.320. The first-order valence-corrected chi connectivity index (χ1v) is 15.7. The Morgan fingerprint density at radius 2 is 0.879 bits per heavy atom. The van der Waals surface area contributed by atoms with Crippen molar-refractivity contribution in [3.8, 4) is 0 Å². The summed E-state index contributed by atoms with van der Waals surface area (Å²) in [5.74, 6) is 0. The molecular formula is C28H52Br2O3. The Kier molecular flexibility index (Phi) is 28.8. The highest BCUT2D eigenvalue weighted by Crippen LogP contribution is 2.10. The van der Waals surface area contributed by atoms with E-state index in [1.54, 1.807) is 0 Å². The zero-order chi connectivity index (χ0) is 24.2. The maximum atomic E-state index is 5.72. The molecule has 0 N–H and O–H groups in total. The first-order valence-electron chi connectivity index (χ1n) is 13.4. The monoisotopic (exact) mass is 594 g/mol. The maximum Gasteiger partial charge on any atom is 0.149 e. The van der Waals surface area contributed by atoms with Crippen LogP contribution in [-0.2, 0) is 14.2 Å². The molecule has 196 valence electrons. The first kappa shape index (κ1) is 33.3. The molecule has 0 saturated heterocycles. The van der Waals surface area contributed by atoms with Crippen LogP contribution >= 0.6 is 31.9 Å². The molecule has 2 unspecified atom stereocenters. The third kappa shape index (κ3) is 28.4. The highest BCUT2D eigenvalue weighted by molar-refractivity contribution is 9.09. The van der Waals surface area contributed by atoms with Crippen molar-refractivity contribution in [1.29, 1.82) is 0 Å². The van der Waals surface area contributed by atoms with E-state index in [-0.39, 0.29) is 12.2 Å². The largest absolute Gasteiger partial charge is 0.352 e. The quantitative estimate of drug-likeness (QED) is 0.0431. The lowest BCUT2D eigenvalue weighted by molar-refractivity contribution is -0.160. The molecule has 0 rings (SSSR count). The average Bonchev–Trinajstić information content (AvgIpc) is 2.81. The number of allylic oxidation sites excluding steroid dienone is 4. The Bertz CT molecular complexity index is 391. The Morgan fingerprint density at radius 1 is 0.515 bits per heavy atom. The molecular weight excluding hydrogens is 544 g/mol. The topological polar surface area (TPSA) is 27.7 Å². The van der Waals surface area contributed by atoms with E-state index in [1.807, 2.05) is 0 Å². The molecule has 0 aromatic heterocycles. The Morgan fingerprint density at radius 3 is 1.30 bits per heavy atom. The molecule has 0 aliphatic carbocycles. The fraction of sp³-hybridized carbons (Fsp3) is 0.857. The van der Waals surface area contributed by atoms with Gasteiger partial charge >= 0.3 is 0 Å². The Labute approximate surface area is 222 Å². The maximum absolute atomic E-state index is 5.72. The number of halogens is 2. The summed E-state index contributed by atoms with van der Waals surface area (Å²) in [7, 11) is 0. The molecule has 0 fully saturated rings. The van der Waals surface area contributed by atoms with Crippen LogP contribution in [0.2, 0.25) is 0 Å². The summed E-state index contributed by atoms with van der Waals surface area (Å²) in [6.45, 7) is 4.84. The fourth-order valence-corrected chi connectivity index (χ4v) is 4.23. The third-order valence-electron chi connectivity index (χ3n) is 5.69. The van der Waals surface area contributed by atoms with Gasteiger partial charge in [0.2, 0.25) is 0 Å². The van der Waals surface area contributed by atoms with E-state index >= 15 is 0 Å². The molecule has 33 heavy (non-hydrogen) atoms. The zero-order valence-corrected chi connectivity index (χ0v) is 24.8. The predicted octanol–water partition coefficient (Wildman–Crippen LogP) is 9.87. The number of unbranched alkanes of at least 4 members (excludes halogenated alkanes) is 10. The highest BCUT2D eigenvalue weighted by Gasteiger charge is 2.03. The number of ether oxygens (including phenoxy) is 3. The van der Waals surface area contributed by atoms with Crippen LogP contribution in [0.4, 0.5) is 0 Å². The van der Waals surface area contributed by atoms with Gasteiger partial charge in [-0.2, -0.15) is 0 Å². The van der Waals surface area contributed by atoms with Crippen molar-refractivity contribution in [1.82, 2.24) is 0 Å². The van der Waals surface area contributed by atoms with Gasteiger partial charge in [-0.15, -0.1) is 0 Å². The van der Waals surface area contributed by atoms with Gasteiger partial charge in [-0.1, -0.05) is 94.7 Å². The van der Waals surface area contributed by atoms with E-state index in [0.717, 1.165) is 36.3 Å². The van der Waals surface area contributed by atoms with Crippen molar-refractivity contribution in [2.24, 2.45) is 0 Å². The van der Waals surface area contributed by atoms with Gasteiger partial charge in [-0.3, -0.25) is 0 Å². The summed E-state index contributed by atoms with van der Waals surface area (Å²) in [5, 5.41) is 2.28. The number of rotatable bonds is 26. The van der Waals surface area contributed by atoms with Crippen LogP contribution in [0.3, 0.4) is 0 Å². The summed E-state index contributed by atoms with van der Waals surface area (Å²) >= 11 is 6.97. The molecule has 0 heterocycles. The summed E-state index contributed by atoms with van der Waals surface area (Å²) in [5.41, 5.74) is 0. The SMILES string of the molecule is CC(CCC=CCCCCCCCBr)OCOCOC(C)CCC=CCCCCCCCBr.